The van der Waals surface area contributed by atoms with Crippen molar-refractivity contribution in [2.75, 3.05) is 0 Å². The van der Waals surface area contributed by atoms with Crippen LogP contribution in [0.25, 0.3) is 0 Å². The Bertz CT molecular complexity index is 440. The molecule has 0 spiro atoms. The van der Waals surface area contributed by atoms with Gasteiger partial charge in [-0.15, -0.1) is 0 Å². The van der Waals surface area contributed by atoms with E-state index in [9.17, 15) is 0 Å². The molecule has 0 aliphatic heterocycles. The monoisotopic (exact) mass is 241 g/mol. The second-order valence-electron chi connectivity index (χ2n) is 6.96. The molecule has 3 saturated carbocycles. The summed E-state index contributed by atoms with van der Waals surface area (Å²) in [5.74, 6) is 3.78. The van der Waals surface area contributed by atoms with Crippen LogP contribution in [0.15, 0.2) is 30.3 Å². The van der Waals surface area contributed by atoms with Gasteiger partial charge in [0.2, 0.25) is 0 Å². The summed E-state index contributed by atoms with van der Waals surface area (Å²) in [6, 6.07) is 10.9. The molecule has 5 unspecified atom stereocenters. The summed E-state index contributed by atoms with van der Waals surface area (Å²) in [5, 5.41) is 0. The van der Waals surface area contributed by atoms with Crippen molar-refractivity contribution in [2.45, 2.75) is 44.1 Å². The van der Waals surface area contributed by atoms with Crippen LogP contribution >= 0.6 is 0 Å². The molecule has 1 aromatic rings. The highest BCUT2D eigenvalue weighted by Crippen LogP contribution is 2.62. The Labute approximate surface area is 110 Å². The van der Waals surface area contributed by atoms with Crippen molar-refractivity contribution in [3.63, 3.8) is 0 Å². The summed E-state index contributed by atoms with van der Waals surface area (Å²) in [6.45, 7) is 0. The Hall–Kier alpha value is -0.820. The number of benzene rings is 1. The largest absolute Gasteiger partial charge is 0.325 e. The molecule has 96 valence electrons. The highest BCUT2D eigenvalue weighted by molar-refractivity contribution is 5.22. The van der Waals surface area contributed by atoms with Gasteiger partial charge in [-0.3, -0.25) is 0 Å². The van der Waals surface area contributed by atoms with Crippen molar-refractivity contribution in [3.8, 4) is 0 Å². The molecule has 1 aromatic carbocycles. The molecule has 5 atom stereocenters. The molecule has 3 aliphatic rings. The number of hydrogen-bond acceptors (Lipinski definition) is 1. The fraction of sp³-hybridized carbons (Fsp3) is 0.647. The standard InChI is InChI=1S/C17H23N/c18-17(10-12-5-2-1-3-6-12)11-13-9-16(17)15-8-4-7-14(13)15/h1-3,5-6,13-16H,4,7-11,18H2. The van der Waals surface area contributed by atoms with Gasteiger partial charge in [0.15, 0.2) is 0 Å². The first-order chi connectivity index (χ1) is 8.76. The van der Waals surface area contributed by atoms with Crippen LogP contribution in [-0.2, 0) is 6.42 Å². The predicted octanol–water partition coefficient (Wildman–Crippen LogP) is 3.38. The summed E-state index contributed by atoms with van der Waals surface area (Å²) in [6.07, 6.45) is 8.22. The SMILES string of the molecule is NC1(Cc2ccccc2)CC2CC1C1CCCC21. The lowest BCUT2D eigenvalue weighted by atomic mass is 9.69. The van der Waals surface area contributed by atoms with Crippen molar-refractivity contribution >= 4 is 0 Å². The maximum absolute atomic E-state index is 6.83. The third kappa shape index (κ3) is 1.50. The van der Waals surface area contributed by atoms with Gasteiger partial charge in [0.25, 0.3) is 0 Å². The average molecular weight is 241 g/mol. The minimum atomic E-state index is 0.109. The molecule has 2 bridgehead atoms. The molecule has 1 nitrogen and oxygen atoms in total. The Kier molecular flexibility index (Phi) is 2.35. The second kappa shape index (κ2) is 3.84. The smallest absolute Gasteiger partial charge is 0.0229 e. The van der Waals surface area contributed by atoms with Crippen LogP contribution in [0.2, 0.25) is 0 Å². The number of fused-ring (bicyclic) bond motifs is 5. The molecular formula is C17H23N. The average Bonchev–Trinajstić information content (AvgIpc) is 3.00. The minimum absolute atomic E-state index is 0.109. The summed E-state index contributed by atoms with van der Waals surface area (Å²) in [4.78, 5) is 0. The molecule has 0 aromatic heterocycles. The zero-order chi connectivity index (χ0) is 12.2. The summed E-state index contributed by atoms with van der Waals surface area (Å²) in [7, 11) is 0. The summed E-state index contributed by atoms with van der Waals surface area (Å²) < 4.78 is 0. The Morgan fingerprint density at radius 3 is 2.72 bits per heavy atom. The molecule has 18 heavy (non-hydrogen) atoms. The van der Waals surface area contributed by atoms with Gasteiger partial charge in [-0.1, -0.05) is 36.8 Å². The van der Waals surface area contributed by atoms with E-state index in [4.69, 9.17) is 5.73 Å². The fourth-order valence-electron chi connectivity index (χ4n) is 5.49. The zero-order valence-corrected chi connectivity index (χ0v) is 11.0. The highest BCUT2D eigenvalue weighted by atomic mass is 14.8. The molecule has 1 heteroatoms. The lowest BCUT2D eigenvalue weighted by Crippen LogP contribution is -2.50. The molecular weight excluding hydrogens is 218 g/mol. The second-order valence-corrected chi connectivity index (χ2v) is 6.96. The third-order valence-corrected chi connectivity index (χ3v) is 6.06. The molecule has 0 saturated heterocycles. The van der Waals surface area contributed by atoms with Crippen LogP contribution < -0.4 is 5.73 Å². The third-order valence-electron chi connectivity index (χ3n) is 6.06. The van der Waals surface area contributed by atoms with Gasteiger partial charge in [-0.05, 0) is 61.3 Å². The van der Waals surface area contributed by atoms with Gasteiger partial charge in [0, 0.05) is 5.54 Å². The van der Waals surface area contributed by atoms with Crippen LogP contribution in [0.1, 0.15) is 37.7 Å². The summed E-state index contributed by atoms with van der Waals surface area (Å²) in [5.41, 5.74) is 8.37. The van der Waals surface area contributed by atoms with Crippen LogP contribution in [-0.4, -0.2) is 5.54 Å². The van der Waals surface area contributed by atoms with Crippen molar-refractivity contribution < 1.29 is 0 Å². The fourth-order valence-corrected chi connectivity index (χ4v) is 5.49. The highest BCUT2D eigenvalue weighted by Gasteiger charge is 2.58. The van der Waals surface area contributed by atoms with Gasteiger partial charge in [0.05, 0.1) is 0 Å². The molecule has 0 radical (unpaired) electrons. The van der Waals surface area contributed by atoms with Crippen molar-refractivity contribution in [2.24, 2.45) is 29.4 Å². The first-order valence-electron chi connectivity index (χ1n) is 7.59. The van der Waals surface area contributed by atoms with Gasteiger partial charge < -0.3 is 5.73 Å². The predicted molar refractivity (Wildman–Crippen MR) is 74.1 cm³/mol. The van der Waals surface area contributed by atoms with Crippen LogP contribution in [0.4, 0.5) is 0 Å². The molecule has 3 aliphatic carbocycles. The van der Waals surface area contributed by atoms with Crippen LogP contribution in [0.5, 0.6) is 0 Å². The van der Waals surface area contributed by atoms with E-state index in [1.165, 1.54) is 37.7 Å². The number of rotatable bonds is 2. The Morgan fingerprint density at radius 2 is 1.89 bits per heavy atom. The first-order valence-corrected chi connectivity index (χ1v) is 7.59. The number of nitrogens with two attached hydrogens (primary N) is 1. The van der Waals surface area contributed by atoms with Gasteiger partial charge >= 0.3 is 0 Å². The lowest BCUT2D eigenvalue weighted by molar-refractivity contribution is 0.156. The normalized spacial score (nSPS) is 45.4. The van der Waals surface area contributed by atoms with Gasteiger partial charge in [-0.2, -0.15) is 0 Å². The lowest BCUT2D eigenvalue weighted by Gasteiger charge is -2.40. The topological polar surface area (TPSA) is 26.0 Å². The Balaban J connectivity index is 1.58. The Morgan fingerprint density at radius 1 is 1.11 bits per heavy atom. The van der Waals surface area contributed by atoms with Gasteiger partial charge in [0.1, 0.15) is 0 Å². The molecule has 2 N–H and O–H groups in total. The van der Waals surface area contributed by atoms with E-state index < -0.39 is 0 Å². The number of hydrogen-bond donors (Lipinski definition) is 1. The maximum Gasteiger partial charge on any atom is 0.0229 e. The quantitative estimate of drug-likeness (QED) is 0.844. The van der Waals surface area contributed by atoms with E-state index in [0.29, 0.717) is 0 Å². The van der Waals surface area contributed by atoms with E-state index in [1.54, 1.807) is 0 Å². The maximum atomic E-state index is 6.83. The first kappa shape index (κ1) is 11.0. The van der Waals surface area contributed by atoms with Crippen molar-refractivity contribution in [1.82, 2.24) is 0 Å². The van der Waals surface area contributed by atoms with E-state index in [2.05, 4.69) is 30.3 Å². The van der Waals surface area contributed by atoms with Crippen LogP contribution in [0.3, 0.4) is 0 Å². The van der Waals surface area contributed by atoms with Gasteiger partial charge in [-0.25, -0.2) is 0 Å². The summed E-state index contributed by atoms with van der Waals surface area (Å²) >= 11 is 0. The van der Waals surface area contributed by atoms with Crippen molar-refractivity contribution in [3.05, 3.63) is 35.9 Å². The van der Waals surface area contributed by atoms with E-state index in [-0.39, 0.29) is 5.54 Å². The molecule has 0 amide bonds. The molecule has 3 fully saturated rings. The molecule has 0 heterocycles. The van der Waals surface area contributed by atoms with Crippen LogP contribution in [0, 0.1) is 23.7 Å². The molecule has 4 rings (SSSR count). The van der Waals surface area contributed by atoms with E-state index in [1.807, 2.05) is 0 Å². The zero-order valence-electron chi connectivity index (χ0n) is 11.0. The van der Waals surface area contributed by atoms with E-state index >= 15 is 0 Å². The van der Waals surface area contributed by atoms with Crippen molar-refractivity contribution in [1.29, 1.82) is 0 Å². The van der Waals surface area contributed by atoms with E-state index in [0.717, 1.165) is 30.1 Å². The minimum Gasteiger partial charge on any atom is -0.325 e.